The molecule has 0 spiro atoms. The van der Waals surface area contributed by atoms with Crippen molar-refractivity contribution >= 4 is 5.57 Å². The molecule has 1 atom stereocenters. The SMILES string of the molecule is Cc1nn(C2CCCCO2)c(CCCO)c1C1=CCNCC1. The second-order valence-electron chi connectivity index (χ2n) is 6.18. The molecule has 0 aliphatic carbocycles. The zero-order valence-electron chi connectivity index (χ0n) is 13.5. The predicted octanol–water partition coefficient (Wildman–Crippen LogP) is 2.19. The fourth-order valence-electron chi connectivity index (χ4n) is 3.50. The van der Waals surface area contributed by atoms with Gasteiger partial charge in [0.25, 0.3) is 0 Å². The average Bonchev–Trinajstić information content (AvgIpc) is 2.91. The summed E-state index contributed by atoms with van der Waals surface area (Å²) < 4.78 is 8.05. The van der Waals surface area contributed by atoms with Gasteiger partial charge in [0.15, 0.2) is 0 Å². The quantitative estimate of drug-likeness (QED) is 0.875. The van der Waals surface area contributed by atoms with Crippen molar-refractivity contribution in [2.75, 3.05) is 26.3 Å². The molecule has 2 N–H and O–H groups in total. The summed E-state index contributed by atoms with van der Waals surface area (Å²) in [5, 5.41) is 17.4. The molecule has 0 saturated carbocycles. The first-order chi connectivity index (χ1) is 10.8. The number of rotatable bonds is 5. The van der Waals surface area contributed by atoms with Gasteiger partial charge < -0.3 is 15.2 Å². The minimum Gasteiger partial charge on any atom is -0.396 e. The van der Waals surface area contributed by atoms with E-state index in [0.717, 1.165) is 57.5 Å². The highest BCUT2D eigenvalue weighted by Crippen LogP contribution is 2.32. The van der Waals surface area contributed by atoms with Crippen LogP contribution in [0.1, 0.15) is 55.3 Å². The van der Waals surface area contributed by atoms with E-state index in [-0.39, 0.29) is 12.8 Å². The van der Waals surface area contributed by atoms with Gasteiger partial charge in [-0.2, -0.15) is 5.10 Å². The Kier molecular flexibility index (Phi) is 5.28. The molecular formula is C17H27N3O2. The highest BCUT2D eigenvalue weighted by Gasteiger charge is 2.25. The maximum absolute atomic E-state index is 9.25. The van der Waals surface area contributed by atoms with Crippen molar-refractivity contribution in [3.8, 4) is 0 Å². The predicted molar refractivity (Wildman–Crippen MR) is 86.7 cm³/mol. The minimum atomic E-state index is 0.0669. The maximum atomic E-state index is 9.25. The number of hydrogen-bond acceptors (Lipinski definition) is 4. The molecule has 0 radical (unpaired) electrons. The second kappa shape index (κ2) is 7.40. The molecule has 1 aromatic heterocycles. The third-order valence-electron chi connectivity index (χ3n) is 4.57. The van der Waals surface area contributed by atoms with E-state index >= 15 is 0 Å². The van der Waals surface area contributed by atoms with Crippen LogP contribution in [-0.4, -0.2) is 41.2 Å². The number of nitrogens with zero attached hydrogens (tertiary/aromatic N) is 2. The number of aliphatic hydroxyl groups is 1. The fraction of sp³-hybridized carbons (Fsp3) is 0.706. The molecule has 2 aliphatic rings. The van der Waals surface area contributed by atoms with Crippen molar-refractivity contribution < 1.29 is 9.84 Å². The average molecular weight is 305 g/mol. The van der Waals surface area contributed by atoms with Gasteiger partial charge in [-0.3, -0.25) is 0 Å². The number of ether oxygens (including phenoxy) is 1. The van der Waals surface area contributed by atoms with E-state index < -0.39 is 0 Å². The van der Waals surface area contributed by atoms with Gasteiger partial charge in [0, 0.05) is 31.0 Å². The van der Waals surface area contributed by atoms with Gasteiger partial charge in [-0.1, -0.05) is 6.08 Å². The second-order valence-corrected chi connectivity index (χ2v) is 6.18. The normalized spacial score (nSPS) is 22.6. The van der Waals surface area contributed by atoms with Crippen LogP contribution in [0.25, 0.3) is 5.57 Å². The maximum Gasteiger partial charge on any atom is 0.150 e. The summed E-state index contributed by atoms with van der Waals surface area (Å²) in [6.45, 7) is 5.09. The summed E-state index contributed by atoms with van der Waals surface area (Å²) in [6, 6.07) is 0. The van der Waals surface area contributed by atoms with Crippen molar-refractivity contribution in [3.05, 3.63) is 23.0 Å². The Morgan fingerprint density at radius 1 is 1.45 bits per heavy atom. The van der Waals surface area contributed by atoms with E-state index in [1.807, 2.05) is 0 Å². The van der Waals surface area contributed by atoms with Crippen LogP contribution >= 0.6 is 0 Å². The van der Waals surface area contributed by atoms with Gasteiger partial charge in [0.1, 0.15) is 6.23 Å². The summed E-state index contributed by atoms with van der Waals surface area (Å²) in [7, 11) is 0. The van der Waals surface area contributed by atoms with Gasteiger partial charge >= 0.3 is 0 Å². The number of aryl methyl sites for hydroxylation is 1. The van der Waals surface area contributed by atoms with Crippen LogP contribution in [-0.2, 0) is 11.2 Å². The summed E-state index contributed by atoms with van der Waals surface area (Å²) in [6.07, 6.45) is 8.40. The van der Waals surface area contributed by atoms with Crippen molar-refractivity contribution in [2.24, 2.45) is 0 Å². The van der Waals surface area contributed by atoms with Crippen molar-refractivity contribution in [1.82, 2.24) is 15.1 Å². The molecule has 5 nitrogen and oxygen atoms in total. The Balaban J connectivity index is 1.96. The van der Waals surface area contributed by atoms with Crippen LogP contribution in [0.2, 0.25) is 0 Å². The Morgan fingerprint density at radius 3 is 3.05 bits per heavy atom. The first-order valence-electron chi connectivity index (χ1n) is 8.52. The van der Waals surface area contributed by atoms with Crippen LogP contribution in [0.4, 0.5) is 0 Å². The molecule has 3 heterocycles. The van der Waals surface area contributed by atoms with Crippen molar-refractivity contribution in [3.63, 3.8) is 0 Å². The molecule has 3 rings (SSSR count). The van der Waals surface area contributed by atoms with Crippen LogP contribution in [0, 0.1) is 6.92 Å². The van der Waals surface area contributed by atoms with Crippen LogP contribution in [0.5, 0.6) is 0 Å². The largest absolute Gasteiger partial charge is 0.396 e. The topological polar surface area (TPSA) is 59.3 Å². The van der Waals surface area contributed by atoms with Crippen LogP contribution in [0.3, 0.4) is 0 Å². The lowest BCUT2D eigenvalue weighted by molar-refractivity contribution is -0.0413. The van der Waals surface area contributed by atoms with E-state index in [9.17, 15) is 5.11 Å². The van der Waals surface area contributed by atoms with E-state index in [1.165, 1.54) is 23.3 Å². The summed E-state index contributed by atoms with van der Waals surface area (Å²) in [5.74, 6) is 0. The number of aliphatic hydroxyl groups excluding tert-OH is 1. The molecule has 0 amide bonds. The minimum absolute atomic E-state index is 0.0669. The summed E-state index contributed by atoms with van der Waals surface area (Å²) in [5.41, 5.74) is 5.03. The first kappa shape index (κ1) is 15.7. The molecule has 122 valence electrons. The first-order valence-corrected chi connectivity index (χ1v) is 8.52. The lowest BCUT2D eigenvalue weighted by Gasteiger charge is -2.25. The number of aromatic nitrogens is 2. The zero-order chi connectivity index (χ0) is 15.4. The number of hydrogen-bond donors (Lipinski definition) is 2. The van der Waals surface area contributed by atoms with E-state index in [0.29, 0.717) is 0 Å². The summed E-state index contributed by atoms with van der Waals surface area (Å²) >= 11 is 0. The Hall–Kier alpha value is -1.17. The van der Waals surface area contributed by atoms with Gasteiger partial charge in [-0.15, -0.1) is 0 Å². The van der Waals surface area contributed by atoms with E-state index in [2.05, 4.69) is 23.0 Å². The third-order valence-corrected chi connectivity index (χ3v) is 4.57. The highest BCUT2D eigenvalue weighted by atomic mass is 16.5. The molecule has 1 aromatic rings. The van der Waals surface area contributed by atoms with Crippen LogP contribution in [0.15, 0.2) is 6.08 Å². The molecule has 1 saturated heterocycles. The van der Waals surface area contributed by atoms with E-state index in [1.54, 1.807) is 0 Å². The smallest absolute Gasteiger partial charge is 0.150 e. The zero-order valence-corrected chi connectivity index (χ0v) is 13.5. The molecular weight excluding hydrogens is 278 g/mol. The molecule has 0 aromatic carbocycles. The van der Waals surface area contributed by atoms with Crippen molar-refractivity contribution in [2.45, 2.75) is 51.7 Å². The number of nitrogens with one attached hydrogen (secondary N) is 1. The van der Waals surface area contributed by atoms with Gasteiger partial charge in [-0.05, 0) is 57.6 Å². The fourth-order valence-corrected chi connectivity index (χ4v) is 3.50. The lowest BCUT2D eigenvalue weighted by Crippen LogP contribution is -2.22. The molecule has 2 aliphatic heterocycles. The Bertz CT molecular complexity index is 530. The molecule has 0 bridgehead atoms. The summed E-state index contributed by atoms with van der Waals surface area (Å²) in [4.78, 5) is 0. The van der Waals surface area contributed by atoms with E-state index in [4.69, 9.17) is 9.84 Å². The Morgan fingerprint density at radius 2 is 2.36 bits per heavy atom. The van der Waals surface area contributed by atoms with Crippen LogP contribution < -0.4 is 5.32 Å². The van der Waals surface area contributed by atoms with Gasteiger partial charge in [-0.25, -0.2) is 4.68 Å². The monoisotopic (exact) mass is 305 g/mol. The lowest BCUT2D eigenvalue weighted by atomic mass is 9.96. The van der Waals surface area contributed by atoms with Crippen molar-refractivity contribution in [1.29, 1.82) is 0 Å². The van der Waals surface area contributed by atoms with Gasteiger partial charge in [0.2, 0.25) is 0 Å². The highest BCUT2D eigenvalue weighted by molar-refractivity contribution is 5.70. The molecule has 22 heavy (non-hydrogen) atoms. The molecule has 1 unspecified atom stereocenters. The molecule has 5 heteroatoms. The molecule has 1 fully saturated rings. The standard InChI is InChI=1S/C17H27N3O2/c1-13-17(14-7-9-18-10-8-14)15(5-4-11-21)20(19-13)16-6-2-3-12-22-16/h7,16,18,21H,2-6,8-12H2,1H3. The Labute approximate surface area is 132 Å². The van der Waals surface area contributed by atoms with Gasteiger partial charge in [0.05, 0.1) is 5.69 Å². The third kappa shape index (κ3) is 3.26.